The van der Waals surface area contributed by atoms with Crippen molar-refractivity contribution in [1.82, 2.24) is 4.98 Å². The van der Waals surface area contributed by atoms with E-state index >= 15 is 0 Å². The van der Waals surface area contributed by atoms with Crippen LogP contribution in [0.1, 0.15) is 12.0 Å². The van der Waals surface area contributed by atoms with Gasteiger partial charge in [0, 0.05) is 44.1 Å². The second-order valence-electron chi connectivity index (χ2n) is 5.71. The van der Waals surface area contributed by atoms with Gasteiger partial charge in [-0.1, -0.05) is 18.3 Å². The number of benzene rings is 1. The molecule has 0 amide bonds. The van der Waals surface area contributed by atoms with Crippen LogP contribution >= 0.6 is 12.2 Å². The van der Waals surface area contributed by atoms with Crippen LogP contribution in [0.3, 0.4) is 0 Å². The van der Waals surface area contributed by atoms with Crippen molar-refractivity contribution in [1.29, 1.82) is 5.26 Å². The lowest BCUT2D eigenvalue weighted by molar-refractivity contribution is 0.415. The number of aromatic nitrogens is 1. The summed E-state index contributed by atoms with van der Waals surface area (Å²) >= 11 is 5.24. The lowest BCUT2D eigenvalue weighted by Gasteiger charge is -2.25. The summed E-state index contributed by atoms with van der Waals surface area (Å²) in [7, 11) is 1.69. The van der Waals surface area contributed by atoms with Gasteiger partial charge in [0.05, 0.1) is 12.8 Å². The van der Waals surface area contributed by atoms with E-state index in [2.05, 4.69) is 33.0 Å². The topological polar surface area (TPSA) is 55.3 Å². The maximum Gasteiger partial charge on any atom is 0.123 e. The zero-order chi connectivity index (χ0) is 16.9. The Morgan fingerprint density at radius 3 is 2.75 bits per heavy atom. The Morgan fingerprint density at radius 2 is 1.96 bits per heavy atom. The zero-order valence-corrected chi connectivity index (χ0v) is 14.5. The van der Waals surface area contributed by atoms with Crippen molar-refractivity contribution in [2.24, 2.45) is 0 Å². The second-order valence-corrected chi connectivity index (χ2v) is 6.12. The third-order valence-electron chi connectivity index (χ3n) is 4.31. The number of aromatic amines is 1. The van der Waals surface area contributed by atoms with Gasteiger partial charge in [-0.05, 0) is 24.6 Å². The largest absolute Gasteiger partial charge is 0.497 e. The number of nitriles is 1. The maximum absolute atomic E-state index is 9.40. The number of ether oxygens (including phenoxy) is 1. The molecule has 2 heterocycles. The van der Waals surface area contributed by atoms with E-state index in [9.17, 15) is 5.26 Å². The number of anilines is 2. The van der Waals surface area contributed by atoms with Crippen LogP contribution in [-0.4, -0.2) is 38.3 Å². The van der Waals surface area contributed by atoms with Crippen molar-refractivity contribution in [2.75, 3.05) is 43.1 Å². The Hall–Kier alpha value is -2.52. The molecule has 1 saturated heterocycles. The first-order valence-electron chi connectivity index (χ1n) is 7.98. The highest BCUT2D eigenvalue weighted by molar-refractivity contribution is 7.71. The number of H-pyrrole nitrogens is 1. The van der Waals surface area contributed by atoms with Gasteiger partial charge in [0.15, 0.2) is 0 Å². The molecule has 6 heteroatoms. The summed E-state index contributed by atoms with van der Waals surface area (Å²) in [6, 6.07) is 12.3. The molecule has 0 aliphatic carbocycles. The molecule has 1 fully saturated rings. The van der Waals surface area contributed by atoms with Gasteiger partial charge in [-0.2, -0.15) is 5.26 Å². The first-order chi connectivity index (χ1) is 11.7. The number of nitrogens with one attached hydrogen (secondary N) is 1. The van der Waals surface area contributed by atoms with Crippen molar-refractivity contribution < 1.29 is 4.74 Å². The SMILES string of the molecule is COc1cccc(N2CCCN(c3cc[nH]c(=S)c3C#N)CC2)c1. The molecule has 1 aliphatic heterocycles. The molecule has 1 aliphatic rings. The summed E-state index contributed by atoms with van der Waals surface area (Å²) in [5, 5.41) is 9.40. The van der Waals surface area contributed by atoms with Crippen LogP contribution in [0.2, 0.25) is 0 Å². The lowest BCUT2D eigenvalue weighted by Crippen LogP contribution is -2.31. The molecule has 124 valence electrons. The first-order valence-corrected chi connectivity index (χ1v) is 8.39. The van der Waals surface area contributed by atoms with E-state index in [1.807, 2.05) is 24.4 Å². The van der Waals surface area contributed by atoms with Crippen molar-refractivity contribution in [3.63, 3.8) is 0 Å². The molecule has 2 aromatic rings. The minimum atomic E-state index is 0.504. The monoisotopic (exact) mass is 340 g/mol. The van der Waals surface area contributed by atoms with Crippen LogP contribution in [0.25, 0.3) is 0 Å². The van der Waals surface area contributed by atoms with Gasteiger partial charge in [-0.15, -0.1) is 0 Å². The molecular weight excluding hydrogens is 320 g/mol. The molecule has 1 aromatic carbocycles. The summed E-state index contributed by atoms with van der Waals surface area (Å²) < 4.78 is 5.83. The molecule has 0 saturated carbocycles. The van der Waals surface area contributed by atoms with E-state index in [4.69, 9.17) is 17.0 Å². The molecule has 0 bridgehead atoms. The molecule has 1 aromatic heterocycles. The van der Waals surface area contributed by atoms with Gasteiger partial charge >= 0.3 is 0 Å². The number of methoxy groups -OCH3 is 1. The molecule has 0 spiro atoms. The second kappa shape index (κ2) is 7.37. The highest BCUT2D eigenvalue weighted by Gasteiger charge is 2.18. The third-order valence-corrected chi connectivity index (χ3v) is 4.63. The van der Waals surface area contributed by atoms with Crippen molar-refractivity contribution >= 4 is 23.6 Å². The summed E-state index contributed by atoms with van der Waals surface area (Å²) in [4.78, 5) is 7.55. The molecular formula is C18H20N4OS. The number of pyridine rings is 1. The highest BCUT2D eigenvalue weighted by atomic mass is 32.1. The van der Waals surface area contributed by atoms with Gasteiger partial charge in [0.2, 0.25) is 0 Å². The number of hydrogen-bond donors (Lipinski definition) is 1. The first kappa shape index (κ1) is 16.3. The average Bonchev–Trinajstić information content (AvgIpc) is 2.87. The molecule has 0 radical (unpaired) electrons. The summed E-state index contributed by atoms with van der Waals surface area (Å²) in [6.45, 7) is 3.63. The quantitative estimate of drug-likeness (QED) is 0.869. The standard InChI is InChI=1S/C18H20N4OS/c1-23-15-5-2-4-14(12-15)21-8-3-9-22(11-10-21)17-6-7-20-18(24)16(17)13-19/h2,4-7,12H,3,8-11H2,1H3,(H,20,24). The molecule has 0 unspecified atom stereocenters. The van der Waals surface area contributed by atoms with E-state index in [-0.39, 0.29) is 0 Å². The Balaban J connectivity index is 1.80. The third kappa shape index (κ3) is 3.36. The van der Waals surface area contributed by atoms with Gasteiger partial charge in [0.1, 0.15) is 22.0 Å². The van der Waals surface area contributed by atoms with Gasteiger partial charge in [-0.3, -0.25) is 0 Å². The predicted molar refractivity (Wildman–Crippen MR) is 98.4 cm³/mol. The van der Waals surface area contributed by atoms with Crippen molar-refractivity contribution in [2.45, 2.75) is 6.42 Å². The molecule has 5 nitrogen and oxygen atoms in total. The van der Waals surface area contributed by atoms with E-state index in [1.165, 1.54) is 5.69 Å². The van der Waals surface area contributed by atoms with Crippen LogP contribution in [-0.2, 0) is 0 Å². The van der Waals surface area contributed by atoms with Crippen LogP contribution in [0, 0.1) is 16.0 Å². The van der Waals surface area contributed by atoms with Crippen LogP contribution in [0.5, 0.6) is 5.75 Å². The zero-order valence-electron chi connectivity index (χ0n) is 13.7. The minimum absolute atomic E-state index is 0.504. The smallest absolute Gasteiger partial charge is 0.123 e. The number of rotatable bonds is 3. The maximum atomic E-state index is 9.40. The summed E-state index contributed by atoms with van der Waals surface area (Å²) in [6.07, 6.45) is 2.83. The number of hydrogen-bond acceptors (Lipinski definition) is 5. The predicted octanol–water partition coefficient (Wildman–Crippen LogP) is 3.34. The number of nitrogens with zero attached hydrogens (tertiary/aromatic N) is 3. The van der Waals surface area contributed by atoms with Crippen LogP contribution in [0.4, 0.5) is 11.4 Å². The highest BCUT2D eigenvalue weighted by Crippen LogP contribution is 2.25. The Morgan fingerprint density at radius 1 is 1.17 bits per heavy atom. The molecule has 24 heavy (non-hydrogen) atoms. The van der Waals surface area contributed by atoms with Gasteiger partial charge < -0.3 is 19.5 Å². The van der Waals surface area contributed by atoms with Gasteiger partial charge in [0.25, 0.3) is 0 Å². The fourth-order valence-corrected chi connectivity index (χ4v) is 3.28. The van der Waals surface area contributed by atoms with Crippen molar-refractivity contribution in [3.05, 3.63) is 46.7 Å². The van der Waals surface area contributed by atoms with Crippen LogP contribution < -0.4 is 14.5 Å². The molecule has 3 rings (SSSR count). The van der Waals surface area contributed by atoms with Crippen LogP contribution in [0.15, 0.2) is 36.5 Å². The normalized spacial score (nSPS) is 14.8. The Kier molecular flexibility index (Phi) is 5.02. The Labute approximate surface area is 147 Å². The van der Waals surface area contributed by atoms with Gasteiger partial charge in [-0.25, -0.2) is 0 Å². The van der Waals surface area contributed by atoms with E-state index in [0.717, 1.165) is 44.0 Å². The van der Waals surface area contributed by atoms with E-state index in [1.54, 1.807) is 7.11 Å². The van der Waals surface area contributed by atoms with E-state index in [0.29, 0.717) is 10.2 Å². The van der Waals surface area contributed by atoms with E-state index < -0.39 is 0 Å². The Bertz CT molecular complexity index is 811. The average molecular weight is 340 g/mol. The molecule has 1 N–H and O–H groups in total. The molecule has 0 atom stereocenters. The van der Waals surface area contributed by atoms with Crippen molar-refractivity contribution in [3.8, 4) is 11.8 Å². The summed E-state index contributed by atoms with van der Waals surface area (Å²) in [5.74, 6) is 0.870. The fraction of sp³-hybridized carbons (Fsp3) is 0.333. The fourth-order valence-electron chi connectivity index (χ4n) is 3.06. The lowest BCUT2D eigenvalue weighted by atomic mass is 10.2. The summed E-state index contributed by atoms with van der Waals surface area (Å²) in [5.41, 5.74) is 2.65. The minimum Gasteiger partial charge on any atom is -0.497 e.